The summed E-state index contributed by atoms with van der Waals surface area (Å²) in [5, 5.41) is 1.01. The molecule has 0 saturated carbocycles. The van der Waals surface area contributed by atoms with Crippen LogP contribution in [0.25, 0.3) is 0 Å². The normalized spacial score (nSPS) is 14.2. The number of hydrogen-bond acceptors (Lipinski definition) is 5. The second-order valence-electron chi connectivity index (χ2n) is 4.18. The molecule has 1 heterocycles. The molecule has 0 amide bonds. The lowest BCUT2D eigenvalue weighted by Gasteiger charge is -2.17. The zero-order valence-electron chi connectivity index (χ0n) is 10.1. The van der Waals surface area contributed by atoms with Gasteiger partial charge >= 0.3 is 0 Å². The van der Waals surface area contributed by atoms with Gasteiger partial charge in [0.2, 0.25) is 0 Å². The molecule has 1 atom stereocenters. The van der Waals surface area contributed by atoms with Gasteiger partial charge in [-0.15, -0.1) is 11.8 Å². The number of halogens is 1. The van der Waals surface area contributed by atoms with Gasteiger partial charge in [-0.3, -0.25) is 0 Å². The monoisotopic (exact) mass is 291 g/mol. The van der Waals surface area contributed by atoms with Crippen molar-refractivity contribution in [1.82, 2.24) is 9.97 Å². The van der Waals surface area contributed by atoms with Crippen molar-refractivity contribution in [2.45, 2.75) is 30.5 Å². The van der Waals surface area contributed by atoms with E-state index in [1.165, 1.54) is 18.0 Å². The van der Waals surface area contributed by atoms with E-state index in [0.29, 0.717) is 5.69 Å². The minimum absolute atomic E-state index is 0.270. The summed E-state index contributed by atoms with van der Waals surface area (Å²) in [5.74, 6) is 0. The largest absolute Gasteiger partial charge is 0.591 e. The standard InChI is InChI=1S/C10H14ClN3OS2/c1-10(2,3)17(15)13-5-7-9(11)14-8(16-4)6-12-7/h5-6H,1-4H3/b13-5-. The fraction of sp³-hybridized carbons (Fsp3) is 0.500. The second-order valence-corrected chi connectivity index (χ2v) is 7.30. The van der Waals surface area contributed by atoms with Crippen LogP contribution in [0.4, 0.5) is 0 Å². The quantitative estimate of drug-likeness (QED) is 0.488. The van der Waals surface area contributed by atoms with Gasteiger partial charge in [-0.2, -0.15) is 0 Å². The average molecular weight is 292 g/mol. The molecule has 94 valence electrons. The Hall–Kier alpha value is -0.300. The van der Waals surface area contributed by atoms with Crippen LogP contribution in [0.5, 0.6) is 0 Å². The van der Waals surface area contributed by atoms with Gasteiger partial charge in [-0.1, -0.05) is 16.0 Å². The summed E-state index contributed by atoms with van der Waals surface area (Å²) in [4.78, 5) is 8.21. The Kier molecular flexibility index (Phi) is 5.24. The topological polar surface area (TPSA) is 61.2 Å². The van der Waals surface area contributed by atoms with Crippen molar-refractivity contribution >= 4 is 40.9 Å². The van der Waals surface area contributed by atoms with Crippen LogP contribution < -0.4 is 0 Å². The van der Waals surface area contributed by atoms with E-state index in [9.17, 15) is 4.55 Å². The highest BCUT2D eigenvalue weighted by molar-refractivity contribution is 7.98. The molecule has 0 aromatic carbocycles. The van der Waals surface area contributed by atoms with Gasteiger partial charge < -0.3 is 4.55 Å². The third-order valence-corrected chi connectivity index (χ3v) is 3.98. The highest BCUT2D eigenvalue weighted by Crippen LogP contribution is 2.18. The molecule has 0 spiro atoms. The Morgan fingerprint density at radius 2 is 2.18 bits per heavy atom. The molecule has 4 nitrogen and oxygen atoms in total. The lowest BCUT2D eigenvalue weighted by atomic mass is 10.3. The third kappa shape index (κ3) is 4.46. The second kappa shape index (κ2) is 6.04. The Bertz CT molecular complexity index is 421. The summed E-state index contributed by atoms with van der Waals surface area (Å²) in [5.41, 5.74) is 0.432. The maximum Gasteiger partial charge on any atom is 0.157 e. The van der Waals surface area contributed by atoms with Crippen molar-refractivity contribution in [3.05, 3.63) is 17.0 Å². The molecule has 1 aromatic rings. The smallest absolute Gasteiger partial charge is 0.157 e. The minimum Gasteiger partial charge on any atom is -0.591 e. The lowest BCUT2D eigenvalue weighted by Crippen LogP contribution is -2.25. The van der Waals surface area contributed by atoms with Crippen LogP contribution >= 0.6 is 23.4 Å². The number of rotatable bonds is 3. The Labute approximate surface area is 114 Å². The van der Waals surface area contributed by atoms with Gasteiger partial charge in [0.05, 0.1) is 6.20 Å². The molecule has 0 aliphatic carbocycles. The van der Waals surface area contributed by atoms with Gasteiger partial charge in [0, 0.05) is 0 Å². The first-order valence-electron chi connectivity index (χ1n) is 4.87. The molecule has 17 heavy (non-hydrogen) atoms. The SMILES string of the molecule is CSc1cnc(/C=N\[S+]([O-])C(C)(C)C)c(Cl)n1. The molecular formula is C10H14ClN3OS2. The van der Waals surface area contributed by atoms with Crippen molar-refractivity contribution in [1.29, 1.82) is 0 Å². The van der Waals surface area contributed by atoms with Gasteiger partial charge in [0.1, 0.15) is 33.0 Å². The predicted octanol–water partition coefficient (Wildman–Crippen LogP) is 2.73. The fourth-order valence-corrected chi connectivity index (χ4v) is 1.89. The van der Waals surface area contributed by atoms with Gasteiger partial charge in [0.25, 0.3) is 0 Å². The van der Waals surface area contributed by atoms with E-state index in [1.807, 2.05) is 27.0 Å². The van der Waals surface area contributed by atoms with E-state index in [-0.39, 0.29) is 5.15 Å². The van der Waals surface area contributed by atoms with Gasteiger partial charge in [0.15, 0.2) is 5.15 Å². The van der Waals surface area contributed by atoms with Crippen molar-refractivity contribution in [3.63, 3.8) is 0 Å². The first-order valence-corrected chi connectivity index (χ1v) is 7.58. The van der Waals surface area contributed by atoms with Crippen molar-refractivity contribution in [3.8, 4) is 0 Å². The first kappa shape index (κ1) is 14.8. The number of nitrogens with zero attached hydrogens (tertiary/aromatic N) is 3. The van der Waals surface area contributed by atoms with Crippen molar-refractivity contribution < 1.29 is 4.55 Å². The van der Waals surface area contributed by atoms with E-state index in [4.69, 9.17) is 11.6 Å². The van der Waals surface area contributed by atoms with Crippen LogP contribution in [0.2, 0.25) is 5.15 Å². The van der Waals surface area contributed by atoms with Gasteiger partial charge in [-0.25, -0.2) is 9.97 Å². The van der Waals surface area contributed by atoms with Gasteiger partial charge in [-0.05, 0) is 27.0 Å². The molecule has 1 aromatic heterocycles. The molecular weight excluding hydrogens is 278 g/mol. The summed E-state index contributed by atoms with van der Waals surface area (Å²) in [6.07, 6.45) is 4.90. The molecule has 1 unspecified atom stereocenters. The van der Waals surface area contributed by atoms with E-state index in [2.05, 4.69) is 14.4 Å². The molecule has 0 saturated heterocycles. The summed E-state index contributed by atoms with van der Waals surface area (Å²) in [7, 11) is 0. The fourth-order valence-electron chi connectivity index (χ4n) is 0.802. The van der Waals surface area contributed by atoms with E-state index in [0.717, 1.165) is 5.03 Å². The Balaban J connectivity index is 2.85. The predicted molar refractivity (Wildman–Crippen MR) is 74.3 cm³/mol. The zero-order valence-corrected chi connectivity index (χ0v) is 12.5. The van der Waals surface area contributed by atoms with Crippen LogP contribution in [0.1, 0.15) is 26.5 Å². The minimum atomic E-state index is -1.32. The molecule has 0 N–H and O–H groups in total. The number of aromatic nitrogens is 2. The summed E-state index contributed by atoms with van der Waals surface area (Å²) in [6, 6.07) is 0. The maximum atomic E-state index is 11.7. The zero-order chi connectivity index (χ0) is 13.1. The molecule has 0 fully saturated rings. The molecule has 0 radical (unpaired) electrons. The molecule has 1 rings (SSSR count). The van der Waals surface area contributed by atoms with Crippen LogP contribution in [-0.2, 0) is 11.4 Å². The van der Waals surface area contributed by atoms with Crippen molar-refractivity contribution in [2.75, 3.05) is 6.26 Å². The van der Waals surface area contributed by atoms with Crippen LogP contribution in [0.15, 0.2) is 15.6 Å². The summed E-state index contributed by atoms with van der Waals surface area (Å²) >= 11 is 6.07. The average Bonchev–Trinajstić information content (AvgIpc) is 2.25. The van der Waals surface area contributed by atoms with Crippen molar-refractivity contribution in [2.24, 2.45) is 4.40 Å². The molecule has 7 heteroatoms. The number of thioether (sulfide) groups is 1. The Morgan fingerprint density at radius 3 is 2.65 bits per heavy atom. The van der Waals surface area contributed by atoms with E-state index < -0.39 is 16.1 Å². The Morgan fingerprint density at radius 1 is 1.53 bits per heavy atom. The molecule has 0 aliphatic rings. The molecule has 0 aliphatic heterocycles. The summed E-state index contributed by atoms with van der Waals surface area (Å²) in [6.45, 7) is 5.56. The molecule has 0 bridgehead atoms. The van der Waals surface area contributed by atoms with E-state index >= 15 is 0 Å². The maximum absolute atomic E-state index is 11.7. The third-order valence-electron chi connectivity index (χ3n) is 1.74. The van der Waals surface area contributed by atoms with Crippen LogP contribution in [0, 0.1) is 0 Å². The highest BCUT2D eigenvalue weighted by Gasteiger charge is 2.26. The van der Waals surface area contributed by atoms with Crippen LogP contribution in [-0.4, -0.2) is 31.7 Å². The van der Waals surface area contributed by atoms with Crippen LogP contribution in [0.3, 0.4) is 0 Å². The highest BCUT2D eigenvalue weighted by atomic mass is 35.5. The lowest BCUT2D eigenvalue weighted by molar-refractivity contribution is 0.562. The number of hydrogen-bond donors (Lipinski definition) is 0. The summed E-state index contributed by atoms with van der Waals surface area (Å²) < 4.78 is 15.2. The first-order chi connectivity index (χ1) is 7.84. The van der Waals surface area contributed by atoms with E-state index in [1.54, 1.807) is 6.20 Å².